The van der Waals surface area contributed by atoms with E-state index in [4.69, 9.17) is 10.5 Å². The number of nitrogens with one attached hydrogen (secondary N) is 1. The van der Waals surface area contributed by atoms with Gasteiger partial charge in [-0.15, -0.1) is 0 Å². The molecular weight excluding hydrogens is 212 g/mol. The normalized spacial score (nSPS) is 28.1. The smallest absolute Gasteiger partial charge is 0.331 e. The number of amides is 1. The molecule has 1 aliphatic carbocycles. The van der Waals surface area contributed by atoms with Crippen molar-refractivity contribution >= 4 is 11.9 Å². The van der Waals surface area contributed by atoms with Gasteiger partial charge in [0, 0.05) is 19.6 Å². The Morgan fingerprint density at radius 2 is 2.06 bits per heavy atom. The molecule has 3 N–H and O–H groups in total. The molecule has 0 radical (unpaired) electrons. The summed E-state index contributed by atoms with van der Waals surface area (Å²) in [5.41, 5.74) is 4.72. The van der Waals surface area contributed by atoms with Crippen LogP contribution in [0.4, 0.5) is 0 Å². The van der Waals surface area contributed by atoms with Crippen molar-refractivity contribution in [2.24, 2.45) is 5.73 Å². The van der Waals surface area contributed by atoms with Crippen LogP contribution in [0.1, 0.15) is 19.3 Å². The van der Waals surface area contributed by atoms with E-state index >= 15 is 0 Å². The Hall–Kier alpha value is -1.14. The van der Waals surface area contributed by atoms with Crippen LogP contribution in [0.25, 0.3) is 0 Å². The Kier molecular flexibility index (Phi) is 4.26. The number of hydrogen-bond donors (Lipinski definition) is 2. The fourth-order valence-electron chi connectivity index (χ4n) is 1.87. The fraction of sp³-hybridized carbons (Fsp3) is 0.800. The number of esters is 1. The SMILES string of the molecule is COCCC(=O)NC1(C(=O)OC)CC(N)C1. The van der Waals surface area contributed by atoms with Crippen molar-refractivity contribution in [1.82, 2.24) is 5.32 Å². The predicted molar refractivity (Wildman–Crippen MR) is 56.6 cm³/mol. The Labute approximate surface area is 94.5 Å². The quantitative estimate of drug-likeness (QED) is 0.602. The van der Waals surface area contributed by atoms with Crippen molar-refractivity contribution < 1.29 is 19.1 Å². The second kappa shape index (κ2) is 5.27. The molecule has 1 fully saturated rings. The Bertz CT molecular complexity index is 274. The highest BCUT2D eigenvalue weighted by atomic mass is 16.5. The number of methoxy groups -OCH3 is 2. The van der Waals surface area contributed by atoms with E-state index in [0.717, 1.165) is 0 Å². The molecule has 1 rings (SSSR count). The minimum Gasteiger partial charge on any atom is -0.467 e. The van der Waals surface area contributed by atoms with Crippen LogP contribution in [-0.4, -0.2) is 44.3 Å². The first-order valence-electron chi connectivity index (χ1n) is 5.18. The number of rotatable bonds is 5. The minimum atomic E-state index is -0.918. The number of ether oxygens (including phenoxy) is 2. The van der Waals surface area contributed by atoms with Gasteiger partial charge in [0.2, 0.25) is 5.91 Å². The molecule has 0 spiro atoms. The number of nitrogens with two attached hydrogens (primary N) is 1. The first-order valence-corrected chi connectivity index (χ1v) is 5.18. The monoisotopic (exact) mass is 230 g/mol. The molecule has 0 saturated heterocycles. The second-order valence-electron chi connectivity index (χ2n) is 4.03. The maximum Gasteiger partial charge on any atom is 0.331 e. The van der Waals surface area contributed by atoms with E-state index in [0.29, 0.717) is 19.4 Å². The Morgan fingerprint density at radius 1 is 1.44 bits per heavy atom. The van der Waals surface area contributed by atoms with Crippen LogP contribution in [0.15, 0.2) is 0 Å². The second-order valence-corrected chi connectivity index (χ2v) is 4.03. The largest absolute Gasteiger partial charge is 0.467 e. The number of hydrogen-bond acceptors (Lipinski definition) is 5. The summed E-state index contributed by atoms with van der Waals surface area (Å²) >= 11 is 0. The molecular formula is C10H18N2O4. The summed E-state index contributed by atoms with van der Waals surface area (Å²) in [5.74, 6) is -0.654. The van der Waals surface area contributed by atoms with Crippen molar-refractivity contribution in [2.75, 3.05) is 20.8 Å². The maximum atomic E-state index is 11.5. The molecule has 6 heteroatoms. The molecule has 0 bridgehead atoms. The van der Waals surface area contributed by atoms with Crippen molar-refractivity contribution in [3.05, 3.63) is 0 Å². The summed E-state index contributed by atoms with van der Waals surface area (Å²) in [7, 11) is 2.82. The first-order chi connectivity index (χ1) is 7.54. The molecule has 0 heterocycles. The van der Waals surface area contributed by atoms with E-state index < -0.39 is 11.5 Å². The zero-order valence-corrected chi connectivity index (χ0v) is 9.62. The topological polar surface area (TPSA) is 90.6 Å². The lowest BCUT2D eigenvalue weighted by molar-refractivity contribution is -0.156. The summed E-state index contributed by atoms with van der Waals surface area (Å²) in [4.78, 5) is 23.0. The lowest BCUT2D eigenvalue weighted by Crippen LogP contribution is -2.66. The van der Waals surface area contributed by atoms with E-state index in [-0.39, 0.29) is 18.4 Å². The highest BCUT2D eigenvalue weighted by molar-refractivity contribution is 5.89. The van der Waals surface area contributed by atoms with E-state index in [1.807, 2.05) is 0 Å². The van der Waals surface area contributed by atoms with Gasteiger partial charge in [0.15, 0.2) is 0 Å². The third-order valence-electron chi connectivity index (χ3n) is 2.71. The van der Waals surface area contributed by atoms with Crippen molar-refractivity contribution in [3.63, 3.8) is 0 Å². The molecule has 1 saturated carbocycles. The van der Waals surface area contributed by atoms with Crippen LogP contribution >= 0.6 is 0 Å². The van der Waals surface area contributed by atoms with Crippen LogP contribution < -0.4 is 11.1 Å². The summed E-state index contributed by atoms with van der Waals surface area (Å²) in [5, 5.41) is 2.67. The molecule has 0 aromatic rings. The zero-order valence-electron chi connectivity index (χ0n) is 9.62. The first kappa shape index (κ1) is 12.9. The summed E-state index contributed by atoms with van der Waals surface area (Å²) in [6.45, 7) is 0.329. The predicted octanol–water partition coefficient (Wildman–Crippen LogP) is -0.828. The van der Waals surface area contributed by atoms with Gasteiger partial charge in [-0.05, 0) is 12.8 Å². The van der Waals surface area contributed by atoms with Crippen LogP contribution in [-0.2, 0) is 19.1 Å². The molecule has 1 aliphatic rings. The molecule has 0 aromatic carbocycles. The molecule has 16 heavy (non-hydrogen) atoms. The third kappa shape index (κ3) is 2.70. The fourth-order valence-corrected chi connectivity index (χ4v) is 1.87. The van der Waals surface area contributed by atoms with Gasteiger partial charge in [-0.2, -0.15) is 0 Å². The van der Waals surface area contributed by atoms with Crippen LogP contribution in [0.3, 0.4) is 0 Å². The molecule has 0 aromatic heterocycles. The minimum absolute atomic E-state index is 0.0539. The molecule has 6 nitrogen and oxygen atoms in total. The third-order valence-corrected chi connectivity index (χ3v) is 2.71. The molecule has 1 amide bonds. The van der Waals surface area contributed by atoms with Gasteiger partial charge in [0.05, 0.1) is 13.7 Å². The molecule has 0 atom stereocenters. The van der Waals surface area contributed by atoms with Crippen LogP contribution in [0, 0.1) is 0 Å². The maximum absolute atomic E-state index is 11.5. The van der Waals surface area contributed by atoms with E-state index in [2.05, 4.69) is 10.1 Å². The van der Waals surface area contributed by atoms with Gasteiger partial charge in [-0.25, -0.2) is 4.79 Å². The average molecular weight is 230 g/mol. The zero-order chi connectivity index (χ0) is 12.2. The molecule has 0 aliphatic heterocycles. The number of carbonyl (C=O) groups excluding carboxylic acids is 2. The van der Waals surface area contributed by atoms with Gasteiger partial charge in [0.25, 0.3) is 0 Å². The van der Waals surface area contributed by atoms with E-state index in [9.17, 15) is 9.59 Å². The average Bonchev–Trinajstić information content (AvgIpc) is 2.22. The van der Waals surface area contributed by atoms with Crippen LogP contribution in [0.5, 0.6) is 0 Å². The van der Waals surface area contributed by atoms with Gasteiger partial charge in [0.1, 0.15) is 5.54 Å². The standard InChI is InChI=1S/C10H18N2O4/c1-15-4-3-8(13)12-10(9(14)16-2)5-7(11)6-10/h7H,3-6,11H2,1-2H3,(H,12,13). The highest BCUT2D eigenvalue weighted by Gasteiger charge is 2.50. The van der Waals surface area contributed by atoms with Gasteiger partial charge < -0.3 is 20.5 Å². The lowest BCUT2D eigenvalue weighted by atomic mass is 9.73. The summed E-state index contributed by atoms with van der Waals surface area (Å²) in [6.07, 6.45) is 1.08. The molecule has 92 valence electrons. The Morgan fingerprint density at radius 3 is 2.50 bits per heavy atom. The number of carbonyl (C=O) groups is 2. The highest BCUT2D eigenvalue weighted by Crippen LogP contribution is 2.32. The van der Waals surface area contributed by atoms with Gasteiger partial charge in [-0.1, -0.05) is 0 Å². The van der Waals surface area contributed by atoms with Crippen LogP contribution in [0.2, 0.25) is 0 Å². The van der Waals surface area contributed by atoms with E-state index in [1.165, 1.54) is 14.2 Å². The van der Waals surface area contributed by atoms with Crippen molar-refractivity contribution in [3.8, 4) is 0 Å². The van der Waals surface area contributed by atoms with E-state index in [1.54, 1.807) is 0 Å². The summed E-state index contributed by atoms with van der Waals surface area (Å²) < 4.78 is 9.46. The summed E-state index contributed by atoms with van der Waals surface area (Å²) in [6, 6.07) is -0.0539. The Balaban J connectivity index is 2.52. The van der Waals surface area contributed by atoms with Crippen molar-refractivity contribution in [2.45, 2.75) is 30.8 Å². The van der Waals surface area contributed by atoms with Gasteiger partial charge >= 0.3 is 5.97 Å². The van der Waals surface area contributed by atoms with Gasteiger partial charge in [-0.3, -0.25) is 4.79 Å². The molecule has 0 unspecified atom stereocenters. The lowest BCUT2D eigenvalue weighted by Gasteiger charge is -2.43. The van der Waals surface area contributed by atoms with Crippen molar-refractivity contribution in [1.29, 1.82) is 0 Å².